The molecule has 0 amide bonds. The van der Waals surface area contributed by atoms with Gasteiger partial charge in [-0.1, -0.05) is 172 Å². The van der Waals surface area contributed by atoms with Crippen molar-refractivity contribution in [1.29, 1.82) is 0 Å². The first kappa shape index (κ1) is 32.9. The molecular weight excluding hydrogens is 645 g/mol. The summed E-state index contributed by atoms with van der Waals surface area (Å²) in [5, 5.41) is 6.12. The summed E-state index contributed by atoms with van der Waals surface area (Å²) in [6, 6.07) is 54.1. The van der Waals surface area contributed by atoms with E-state index < -0.39 is 0 Å². The molecule has 4 nitrogen and oxygen atoms in total. The second-order valence-corrected chi connectivity index (χ2v) is 15.1. The first-order valence-electron chi connectivity index (χ1n) is 18.8. The van der Waals surface area contributed by atoms with Crippen LogP contribution in [0.5, 0.6) is 0 Å². The average molecular weight is 689 g/mol. The Kier molecular flexibility index (Phi) is 8.41. The molecule has 0 radical (unpaired) electrons. The van der Waals surface area contributed by atoms with Crippen LogP contribution in [0.1, 0.15) is 61.2 Å². The number of anilines is 2. The van der Waals surface area contributed by atoms with Gasteiger partial charge < -0.3 is 10.7 Å². The van der Waals surface area contributed by atoms with E-state index in [9.17, 15) is 0 Å². The Balaban J connectivity index is 1.10. The minimum atomic E-state index is -0.137. The van der Waals surface area contributed by atoms with Crippen molar-refractivity contribution in [3.8, 4) is 22.3 Å². The smallest absolute Gasteiger partial charge is 0.147 e. The van der Waals surface area contributed by atoms with Gasteiger partial charge in [-0.25, -0.2) is 4.99 Å². The molecule has 0 aromatic heterocycles. The van der Waals surface area contributed by atoms with Gasteiger partial charge in [-0.3, -0.25) is 0 Å². The molecule has 2 N–H and O–H groups in total. The molecule has 260 valence electrons. The lowest BCUT2D eigenvalue weighted by Gasteiger charge is -2.28. The normalized spacial score (nSPS) is 18.7. The molecule has 0 saturated carbocycles. The molecule has 3 aliphatic rings. The van der Waals surface area contributed by atoms with Crippen molar-refractivity contribution in [1.82, 2.24) is 10.4 Å². The highest BCUT2D eigenvalue weighted by Crippen LogP contribution is 2.55. The molecule has 6 aromatic rings. The van der Waals surface area contributed by atoms with Crippen LogP contribution < -0.4 is 10.7 Å². The van der Waals surface area contributed by atoms with Crippen LogP contribution in [0.2, 0.25) is 0 Å². The van der Waals surface area contributed by atoms with E-state index in [0.717, 1.165) is 41.3 Å². The Bertz CT molecular complexity index is 2370. The molecule has 4 heteroatoms. The maximum absolute atomic E-state index is 5.26. The van der Waals surface area contributed by atoms with Gasteiger partial charge in [-0.15, -0.1) is 0 Å². The van der Waals surface area contributed by atoms with Crippen molar-refractivity contribution in [3.05, 3.63) is 197 Å². The first-order chi connectivity index (χ1) is 25.9. The minimum absolute atomic E-state index is 0.0337. The maximum Gasteiger partial charge on any atom is 0.147 e. The topological polar surface area (TPSA) is 39.7 Å². The summed E-state index contributed by atoms with van der Waals surface area (Å²) in [6.45, 7) is 7.86. The van der Waals surface area contributed by atoms with E-state index >= 15 is 0 Å². The lowest BCUT2D eigenvalue weighted by Crippen LogP contribution is -2.37. The summed E-state index contributed by atoms with van der Waals surface area (Å²) >= 11 is 0. The van der Waals surface area contributed by atoms with E-state index in [1.807, 2.05) is 0 Å². The SMILES string of the molecule is CC1C=CC2=C(C1)C(C)(C)c1ccc(Nc3cccc(C4=NC(c5ccccc5)N(Cc5ccccc5)N4)c3)c(-c3ccc(-c4ccccc4)cc3)c12. The number of nitrogens with zero attached hydrogens (tertiary/aromatic N) is 2. The molecule has 9 rings (SSSR count). The monoisotopic (exact) mass is 688 g/mol. The second-order valence-electron chi connectivity index (χ2n) is 15.1. The van der Waals surface area contributed by atoms with Gasteiger partial charge in [-0.05, 0) is 75.1 Å². The number of nitrogens with one attached hydrogen (secondary N) is 2. The number of benzene rings is 6. The highest BCUT2D eigenvalue weighted by Gasteiger charge is 2.40. The van der Waals surface area contributed by atoms with Crippen molar-refractivity contribution in [3.63, 3.8) is 0 Å². The summed E-state index contributed by atoms with van der Waals surface area (Å²) < 4.78 is 0. The Morgan fingerprint density at radius 2 is 1.36 bits per heavy atom. The summed E-state index contributed by atoms with van der Waals surface area (Å²) in [4.78, 5) is 5.26. The van der Waals surface area contributed by atoms with Crippen LogP contribution in [-0.4, -0.2) is 10.8 Å². The Labute approximate surface area is 313 Å². The van der Waals surface area contributed by atoms with E-state index in [-0.39, 0.29) is 11.6 Å². The third-order valence-electron chi connectivity index (χ3n) is 11.1. The number of fused-ring (bicyclic) bond motifs is 2. The summed E-state index contributed by atoms with van der Waals surface area (Å²) in [5.41, 5.74) is 19.8. The zero-order chi connectivity index (χ0) is 35.9. The van der Waals surface area contributed by atoms with Crippen LogP contribution in [0.15, 0.2) is 174 Å². The van der Waals surface area contributed by atoms with E-state index in [2.05, 4.69) is 200 Å². The fraction of sp³-hybridized carbons (Fsp3) is 0.163. The van der Waals surface area contributed by atoms with Crippen LogP contribution in [0.3, 0.4) is 0 Å². The van der Waals surface area contributed by atoms with E-state index in [4.69, 9.17) is 4.99 Å². The first-order valence-corrected chi connectivity index (χ1v) is 18.8. The van der Waals surface area contributed by atoms with Gasteiger partial charge in [-0.2, -0.15) is 5.01 Å². The number of hydrazine groups is 1. The van der Waals surface area contributed by atoms with E-state index in [1.165, 1.54) is 44.5 Å². The average Bonchev–Trinajstić information content (AvgIpc) is 3.71. The molecule has 2 aliphatic carbocycles. The summed E-state index contributed by atoms with van der Waals surface area (Å²) in [7, 11) is 0. The molecule has 1 heterocycles. The molecule has 0 bridgehead atoms. The van der Waals surface area contributed by atoms with Crippen LogP contribution >= 0.6 is 0 Å². The standard InChI is InChI=1S/C49H44N4/c1-33-22-27-41-43(30-33)49(2,3)42-28-29-44(45(46(41)42)37-25-23-36(24-26-37)35-16-9-5-10-17-35)50-40-21-13-20-39(31-40)47-51-48(38-18-11-6-12-19-38)53(52-47)32-34-14-7-4-8-15-34/h4-29,31,33,48,50H,30,32H2,1-3H3,(H,51,52). The number of aliphatic imine (C=N–C) groups is 1. The van der Waals surface area contributed by atoms with Gasteiger partial charge in [0.05, 0.1) is 0 Å². The number of rotatable bonds is 8. The Hall–Kier alpha value is -5.97. The quantitative estimate of drug-likeness (QED) is 0.167. The summed E-state index contributed by atoms with van der Waals surface area (Å²) in [6.07, 6.45) is 5.72. The predicted octanol–water partition coefficient (Wildman–Crippen LogP) is 11.9. The lowest BCUT2D eigenvalue weighted by atomic mass is 9.76. The summed E-state index contributed by atoms with van der Waals surface area (Å²) in [5.74, 6) is 1.40. The van der Waals surface area contributed by atoms with Crippen molar-refractivity contribution in [2.45, 2.75) is 45.3 Å². The second kappa shape index (κ2) is 13.5. The highest BCUT2D eigenvalue weighted by atomic mass is 15.6. The van der Waals surface area contributed by atoms with Crippen molar-refractivity contribution >= 4 is 22.8 Å². The van der Waals surface area contributed by atoms with Gasteiger partial charge in [0.1, 0.15) is 12.0 Å². The lowest BCUT2D eigenvalue weighted by molar-refractivity contribution is 0.181. The van der Waals surface area contributed by atoms with Crippen molar-refractivity contribution < 1.29 is 0 Å². The molecule has 2 atom stereocenters. The zero-order valence-electron chi connectivity index (χ0n) is 30.6. The van der Waals surface area contributed by atoms with E-state index in [0.29, 0.717) is 5.92 Å². The number of amidine groups is 1. The maximum atomic E-state index is 5.26. The van der Waals surface area contributed by atoms with E-state index in [1.54, 1.807) is 5.57 Å². The zero-order valence-corrected chi connectivity index (χ0v) is 30.6. The molecule has 53 heavy (non-hydrogen) atoms. The van der Waals surface area contributed by atoms with Crippen LogP contribution in [0.4, 0.5) is 11.4 Å². The van der Waals surface area contributed by atoms with Gasteiger partial charge in [0.2, 0.25) is 0 Å². The molecule has 6 aromatic carbocycles. The van der Waals surface area contributed by atoms with Gasteiger partial charge in [0.15, 0.2) is 0 Å². The third kappa shape index (κ3) is 6.19. The number of allylic oxidation sites excluding steroid dienone is 4. The molecular formula is C49H44N4. The van der Waals surface area contributed by atoms with Crippen molar-refractivity contribution in [2.24, 2.45) is 10.9 Å². The fourth-order valence-electron chi connectivity index (χ4n) is 8.36. The van der Waals surface area contributed by atoms with Gasteiger partial charge in [0, 0.05) is 34.5 Å². The number of hydrogen-bond acceptors (Lipinski definition) is 4. The molecule has 0 fully saturated rings. The minimum Gasteiger partial charge on any atom is -0.355 e. The molecule has 0 spiro atoms. The predicted molar refractivity (Wildman–Crippen MR) is 221 cm³/mol. The van der Waals surface area contributed by atoms with Crippen LogP contribution in [-0.2, 0) is 12.0 Å². The van der Waals surface area contributed by atoms with Gasteiger partial charge in [0.25, 0.3) is 0 Å². The van der Waals surface area contributed by atoms with Gasteiger partial charge >= 0.3 is 0 Å². The molecule has 1 aliphatic heterocycles. The Morgan fingerprint density at radius 3 is 2.11 bits per heavy atom. The van der Waals surface area contributed by atoms with Crippen LogP contribution in [0, 0.1) is 5.92 Å². The van der Waals surface area contributed by atoms with Crippen LogP contribution in [0.25, 0.3) is 27.8 Å². The highest BCUT2D eigenvalue weighted by molar-refractivity contribution is 6.02. The molecule has 2 unspecified atom stereocenters. The fourth-order valence-corrected chi connectivity index (χ4v) is 8.36. The van der Waals surface area contributed by atoms with Crippen molar-refractivity contribution in [2.75, 3.05) is 5.32 Å². The molecule has 0 saturated heterocycles. The third-order valence-corrected chi connectivity index (χ3v) is 11.1. The largest absolute Gasteiger partial charge is 0.355 e. The Morgan fingerprint density at radius 1 is 0.698 bits per heavy atom. The number of hydrogen-bond donors (Lipinski definition) is 2.